The molecule has 5 rings (SSSR count). The number of ether oxygens (including phenoxy) is 2. The Morgan fingerprint density at radius 1 is 1.19 bits per heavy atom. The number of carbonyl (C=O) groups is 1. The molecule has 4 aromatic rings. The number of nitrogens with one attached hydrogen (secondary N) is 1. The minimum Gasteiger partial charge on any atom is -0.454 e. The summed E-state index contributed by atoms with van der Waals surface area (Å²) in [5.41, 5.74) is 1.79. The number of thioether (sulfide) groups is 1. The first kappa shape index (κ1) is 16.4. The van der Waals surface area contributed by atoms with Crippen molar-refractivity contribution in [2.24, 2.45) is 0 Å². The lowest BCUT2D eigenvalue weighted by atomic mass is 10.2. The average Bonchev–Trinajstić information content (AvgIpc) is 3.36. The van der Waals surface area contributed by atoms with Crippen molar-refractivity contribution in [3.63, 3.8) is 0 Å². The fourth-order valence-electron chi connectivity index (χ4n) is 2.88. The molecule has 136 valence electrons. The topological polar surface area (TPSA) is 77.8 Å². The second-order valence-electron chi connectivity index (χ2n) is 5.89. The van der Waals surface area contributed by atoms with Gasteiger partial charge in [-0.3, -0.25) is 9.20 Å². The van der Waals surface area contributed by atoms with E-state index in [4.69, 9.17) is 9.47 Å². The van der Waals surface area contributed by atoms with Crippen LogP contribution in [-0.4, -0.2) is 33.1 Å². The van der Waals surface area contributed by atoms with Crippen molar-refractivity contribution in [1.29, 1.82) is 0 Å². The summed E-state index contributed by atoms with van der Waals surface area (Å²) < 4.78 is 13.8. The third-order valence-corrected chi connectivity index (χ3v) is 6.07. The Hall–Kier alpha value is -2.78. The molecule has 0 aliphatic carbocycles. The van der Waals surface area contributed by atoms with E-state index >= 15 is 0 Å². The molecule has 0 unspecified atom stereocenters. The van der Waals surface area contributed by atoms with Crippen LogP contribution in [0.5, 0.6) is 11.5 Å². The van der Waals surface area contributed by atoms with E-state index in [-0.39, 0.29) is 12.7 Å². The molecular weight excluding hydrogens is 384 g/mol. The zero-order valence-electron chi connectivity index (χ0n) is 14.0. The number of para-hydroxylation sites is 1. The third kappa shape index (κ3) is 3.08. The van der Waals surface area contributed by atoms with Gasteiger partial charge in [0.1, 0.15) is 0 Å². The van der Waals surface area contributed by atoms with Gasteiger partial charge in [-0.05, 0) is 24.3 Å². The molecule has 1 N–H and O–H groups in total. The lowest BCUT2D eigenvalue weighted by molar-refractivity contribution is -0.115. The summed E-state index contributed by atoms with van der Waals surface area (Å²) in [5.74, 6) is 1.90. The monoisotopic (exact) mass is 398 g/mol. The number of fused-ring (bicyclic) bond motifs is 4. The lowest BCUT2D eigenvalue weighted by Gasteiger charge is -2.06. The second-order valence-corrected chi connectivity index (χ2v) is 7.96. The fraction of sp³-hybridized carbons (Fsp3) is 0.167. The number of benzene rings is 2. The number of hydrogen-bond acceptors (Lipinski definition) is 7. The van der Waals surface area contributed by atoms with Crippen molar-refractivity contribution in [3.8, 4) is 11.5 Å². The molecule has 7 nitrogen and oxygen atoms in total. The van der Waals surface area contributed by atoms with Crippen LogP contribution in [-0.2, 0) is 4.79 Å². The van der Waals surface area contributed by atoms with E-state index in [1.165, 1.54) is 16.5 Å². The van der Waals surface area contributed by atoms with E-state index in [1.807, 2.05) is 16.5 Å². The summed E-state index contributed by atoms with van der Waals surface area (Å²) in [6.07, 6.45) is 0.371. The van der Waals surface area contributed by atoms with Gasteiger partial charge in [0.2, 0.25) is 17.7 Å². The molecule has 9 heteroatoms. The van der Waals surface area contributed by atoms with Crippen molar-refractivity contribution < 1.29 is 14.3 Å². The number of carbonyl (C=O) groups excluding carboxylic acids is 1. The maximum absolute atomic E-state index is 12.2. The van der Waals surface area contributed by atoms with Gasteiger partial charge >= 0.3 is 0 Å². The van der Waals surface area contributed by atoms with Gasteiger partial charge in [-0.25, -0.2) is 0 Å². The standard InChI is InChI=1S/C18H14N4O3S2/c23-16(19-11-5-6-13-14(9-11)25-10-24-13)7-8-26-17-20-21-18-22(17)12-3-1-2-4-15(12)27-18/h1-6,9H,7-8,10H2,(H,19,23). The van der Waals surface area contributed by atoms with Crippen molar-refractivity contribution in [2.45, 2.75) is 11.6 Å². The van der Waals surface area contributed by atoms with Crippen LogP contribution < -0.4 is 14.8 Å². The number of anilines is 1. The number of thiazole rings is 1. The molecule has 2 aromatic heterocycles. The normalized spacial score (nSPS) is 12.7. The summed E-state index contributed by atoms with van der Waals surface area (Å²) in [6.45, 7) is 0.216. The molecule has 1 aliphatic heterocycles. The molecule has 0 saturated carbocycles. The first-order valence-corrected chi connectivity index (χ1v) is 10.1. The van der Waals surface area contributed by atoms with E-state index in [9.17, 15) is 4.79 Å². The van der Waals surface area contributed by atoms with E-state index in [2.05, 4.69) is 27.6 Å². The number of amides is 1. The molecule has 3 heterocycles. The summed E-state index contributed by atoms with van der Waals surface area (Å²) in [7, 11) is 0. The van der Waals surface area contributed by atoms with E-state index in [0.29, 0.717) is 29.4 Å². The molecule has 0 atom stereocenters. The first-order chi connectivity index (χ1) is 13.3. The Balaban J connectivity index is 1.23. The highest BCUT2D eigenvalue weighted by molar-refractivity contribution is 7.99. The Morgan fingerprint density at radius 3 is 3.04 bits per heavy atom. The van der Waals surface area contributed by atoms with Crippen LogP contribution in [0.2, 0.25) is 0 Å². The molecule has 27 heavy (non-hydrogen) atoms. The van der Waals surface area contributed by atoms with Crippen molar-refractivity contribution in [2.75, 3.05) is 17.9 Å². The summed E-state index contributed by atoms with van der Waals surface area (Å²) in [5, 5.41) is 12.2. The number of hydrogen-bond donors (Lipinski definition) is 1. The van der Waals surface area contributed by atoms with Gasteiger partial charge in [0, 0.05) is 23.9 Å². The van der Waals surface area contributed by atoms with Gasteiger partial charge < -0.3 is 14.8 Å². The van der Waals surface area contributed by atoms with E-state index in [1.54, 1.807) is 29.5 Å². The molecular formula is C18H14N4O3S2. The molecule has 0 spiro atoms. The second kappa shape index (κ2) is 6.75. The maximum Gasteiger partial charge on any atom is 0.231 e. The van der Waals surface area contributed by atoms with E-state index in [0.717, 1.165) is 15.6 Å². The predicted octanol–water partition coefficient (Wildman–Crippen LogP) is 3.79. The van der Waals surface area contributed by atoms with E-state index < -0.39 is 0 Å². The molecule has 1 amide bonds. The van der Waals surface area contributed by atoms with Crippen LogP contribution in [0, 0.1) is 0 Å². The van der Waals surface area contributed by atoms with Crippen LogP contribution in [0.25, 0.3) is 15.2 Å². The smallest absolute Gasteiger partial charge is 0.231 e. The van der Waals surface area contributed by atoms with Crippen LogP contribution in [0.15, 0.2) is 47.6 Å². The predicted molar refractivity (Wildman–Crippen MR) is 105 cm³/mol. The molecule has 0 bridgehead atoms. The zero-order chi connectivity index (χ0) is 18.2. The van der Waals surface area contributed by atoms with Crippen LogP contribution >= 0.6 is 23.1 Å². The minimum atomic E-state index is -0.0581. The van der Waals surface area contributed by atoms with Gasteiger partial charge in [-0.1, -0.05) is 35.2 Å². The fourth-order valence-corrected chi connectivity index (χ4v) is 4.79. The van der Waals surface area contributed by atoms with Crippen molar-refractivity contribution in [3.05, 3.63) is 42.5 Å². The number of aromatic nitrogens is 3. The van der Waals surface area contributed by atoms with Gasteiger partial charge in [-0.15, -0.1) is 10.2 Å². The quantitative estimate of drug-likeness (QED) is 0.515. The first-order valence-electron chi connectivity index (χ1n) is 8.33. The van der Waals surface area contributed by atoms with Gasteiger partial charge in [0.25, 0.3) is 0 Å². The summed E-state index contributed by atoms with van der Waals surface area (Å²) in [4.78, 5) is 13.1. The maximum atomic E-state index is 12.2. The van der Waals surface area contributed by atoms with Gasteiger partial charge in [0.05, 0.1) is 10.2 Å². The molecule has 0 radical (unpaired) electrons. The Bertz CT molecular complexity index is 1150. The molecule has 1 aliphatic rings. The Morgan fingerprint density at radius 2 is 2.07 bits per heavy atom. The highest BCUT2D eigenvalue weighted by Crippen LogP contribution is 2.34. The molecule has 0 fully saturated rings. The molecule has 0 saturated heterocycles. The lowest BCUT2D eigenvalue weighted by Crippen LogP contribution is -2.12. The number of rotatable bonds is 5. The molecule has 2 aromatic carbocycles. The zero-order valence-corrected chi connectivity index (χ0v) is 15.7. The highest BCUT2D eigenvalue weighted by Gasteiger charge is 2.15. The highest BCUT2D eigenvalue weighted by atomic mass is 32.2. The Kier molecular flexibility index (Phi) is 4.10. The van der Waals surface area contributed by atoms with Gasteiger partial charge in [-0.2, -0.15) is 0 Å². The van der Waals surface area contributed by atoms with Crippen LogP contribution in [0.1, 0.15) is 6.42 Å². The SMILES string of the molecule is O=C(CCSc1nnc2sc3ccccc3n12)Nc1ccc2c(c1)OCO2. The largest absolute Gasteiger partial charge is 0.454 e. The summed E-state index contributed by atoms with van der Waals surface area (Å²) in [6, 6.07) is 13.5. The average molecular weight is 398 g/mol. The third-order valence-electron chi connectivity index (χ3n) is 4.13. The van der Waals surface area contributed by atoms with Gasteiger partial charge in [0.15, 0.2) is 16.7 Å². The summed E-state index contributed by atoms with van der Waals surface area (Å²) >= 11 is 3.13. The van der Waals surface area contributed by atoms with Crippen molar-refractivity contribution >= 4 is 49.9 Å². The minimum absolute atomic E-state index is 0.0581. The number of nitrogens with zero attached hydrogens (tertiary/aromatic N) is 3. The van der Waals surface area contributed by atoms with Crippen LogP contribution in [0.3, 0.4) is 0 Å². The Labute approximate surface area is 162 Å². The van der Waals surface area contributed by atoms with Crippen molar-refractivity contribution in [1.82, 2.24) is 14.6 Å². The van der Waals surface area contributed by atoms with Crippen LogP contribution in [0.4, 0.5) is 5.69 Å².